The Kier molecular flexibility index (Phi) is 6.68. The highest BCUT2D eigenvalue weighted by molar-refractivity contribution is 6.31. The van der Waals surface area contributed by atoms with E-state index in [1.165, 1.54) is 0 Å². The molecule has 0 saturated carbocycles. The highest BCUT2D eigenvalue weighted by Gasteiger charge is 2.32. The lowest BCUT2D eigenvalue weighted by Crippen LogP contribution is -2.07. The van der Waals surface area contributed by atoms with Crippen LogP contribution in [0.5, 0.6) is 0 Å². The van der Waals surface area contributed by atoms with Crippen molar-refractivity contribution in [2.24, 2.45) is 0 Å². The maximum Gasteiger partial charge on any atom is 0.416 e. The van der Waals surface area contributed by atoms with Crippen molar-refractivity contribution in [3.05, 3.63) is 68.4 Å². The van der Waals surface area contributed by atoms with Gasteiger partial charge in [-0.05, 0) is 67.1 Å². The van der Waals surface area contributed by atoms with E-state index in [0.29, 0.717) is 18.6 Å². The van der Waals surface area contributed by atoms with Crippen LogP contribution in [0.25, 0.3) is 0 Å². The Hall–Kier alpha value is -1.47. The van der Waals surface area contributed by atoms with E-state index in [1.54, 1.807) is 0 Å². The summed E-state index contributed by atoms with van der Waals surface area (Å²) in [5.74, 6) is -0.929. The number of benzene rings is 2. The highest BCUT2D eigenvalue weighted by Crippen LogP contribution is 2.34. The van der Waals surface area contributed by atoms with E-state index in [-0.39, 0.29) is 35.4 Å². The van der Waals surface area contributed by atoms with Crippen LogP contribution in [0.15, 0.2) is 30.3 Å². The molecule has 0 amide bonds. The summed E-state index contributed by atoms with van der Waals surface area (Å²) in [6, 6.07) is 4.16. The normalized spacial score (nSPS) is 12.5. The van der Waals surface area contributed by atoms with Gasteiger partial charge in [0.15, 0.2) is 0 Å². The van der Waals surface area contributed by atoms with Gasteiger partial charge < -0.3 is 0 Å². The molecule has 2 aromatic rings. The molecule has 27 heavy (non-hydrogen) atoms. The predicted molar refractivity (Wildman–Crippen MR) is 89.5 cm³/mol. The number of unbranched alkanes of at least 4 members (excludes halogenated alkanes) is 1. The lowest BCUT2D eigenvalue weighted by molar-refractivity contribution is -0.138. The van der Waals surface area contributed by atoms with Gasteiger partial charge in [-0.15, -0.1) is 0 Å². The molecular formula is C18H13Cl2F7. The first-order chi connectivity index (χ1) is 12.4. The molecule has 0 spiro atoms. The van der Waals surface area contributed by atoms with E-state index in [2.05, 4.69) is 0 Å². The summed E-state index contributed by atoms with van der Waals surface area (Å²) in [5, 5.41) is -0.461. The Morgan fingerprint density at radius 3 is 1.74 bits per heavy atom. The smallest absolute Gasteiger partial charge is 0.205 e. The molecule has 0 N–H and O–H groups in total. The zero-order chi connectivity index (χ0) is 20.4. The van der Waals surface area contributed by atoms with Crippen LogP contribution >= 0.6 is 23.2 Å². The van der Waals surface area contributed by atoms with Crippen molar-refractivity contribution in [2.45, 2.75) is 38.0 Å². The number of alkyl halides is 6. The molecular weight excluding hydrogens is 420 g/mol. The summed E-state index contributed by atoms with van der Waals surface area (Å²) in [5.41, 5.74) is -1.80. The minimum Gasteiger partial charge on any atom is -0.205 e. The summed E-state index contributed by atoms with van der Waals surface area (Å²) < 4.78 is 90.5. The summed E-state index contributed by atoms with van der Waals surface area (Å²) >= 11 is 11.4. The van der Waals surface area contributed by atoms with E-state index in [0.717, 1.165) is 18.2 Å². The molecule has 0 aliphatic carbocycles. The Morgan fingerprint density at radius 2 is 1.19 bits per heavy atom. The summed E-state index contributed by atoms with van der Waals surface area (Å²) in [6.07, 6.45) is -8.45. The maximum absolute atomic E-state index is 13.9. The van der Waals surface area contributed by atoms with Gasteiger partial charge in [-0.25, -0.2) is 4.39 Å². The number of hydrogen-bond acceptors (Lipinski definition) is 0. The van der Waals surface area contributed by atoms with Gasteiger partial charge in [0.25, 0.3) is 0 Å². The molecule has 9 heteroatoms. The Balaban J connectivity index is 2.05. The van der Waals surface area contributed by atoms with Gasteiger partial charge in [0.2, 0.25) is 0 Å². The standard InChI is InChI=1S/C18H13Cl2F7/c19-14-6-5-12(17(22,23)24)7-10(14)3-1-2-4-11-8-13(18(25,26)27)9-15(20)16(11)21/h5-9H,1-4H2. The van der Waals surface area contributed by atoms with Gasteiger partial charge in [-0.3, -0.25) is 0 Å². The third-order valence-corrected chi connectivity index (χ3v) is 4.59. The lowest BCUT2D eigenvalue weighted by Gasteiger charge is -2.12. The van der Waals surface area contributed by atoms with Crippen LogP contribution in [0.2, 0.25) is 10.0 Å². The van der Waals surface area contributed by atoms with Gasteiger partial charge in [0.05, 0.1) is 16.1 Å². The molecule has 0 fully saturated rings. The zero-order valence-electron chi connectivity index (χ0n) is 13.6. The van der Waals surface area contributed by atoms with Crippen molar-refractivity contribution in [3.63, 3.8) is 0 Å². The van der Waals surface area contributed by atoms with Gasteiger partial charge >= 0.3 is 12.4 Å². The molecule has 0 aromatic heterocycles. The van der Waals surface area contributed by atoms with Crippen LogP contribution in [0.3, 0.4) is 0 Å². The van der Waals surface area contributed by atoms with E-state index in [1.807, 2.05) is 0 Å². The molecule has 2 aromatic carbocycles. The lowest BCUT2D eigenvalue weighted by atomic mass is 10.0. The van der Waals surface area contributed by atoms with Crippen molar-refractivity contribution < 1.29 is 30.7 Å². The van der Waals surface area contributed by atoms with Gasteiger partial charge in [-0.2, -0.15) is 26.3 Å². The molecule has 0 aliphatic heterocycles. The quantitative estimate of drug-likeness (QED) is 0.334. The molecule has 148 valence electrons. The Labute approximate surface area is 160 Å². The molecule has 0 nitrogen and oxygen atoms in total. The average Bonchev–Trinajstić information content (AvgIpc) is 2.54. The van der Waals surface area contributed by atoms with Gasteiger partial charge in [0.1, 0.15) is 5.82 Å². The van der Waals surface area contributed by atoms with Gasteiger partial charge in [0, 0.05) is 5.02 Å². The highest BCUT2D eigenvalue weighted by atomic mass is 35.5. The maximum atomic E-state index is 13.9. The molecule has 0 aliphatic rings. The third kappa shape index (κ3) is 5.75. The first kappa shape index (κ1) is 21.8. The average molecular weight is 433 g/mol. The third-order valence-electron chi connectivity index (χ3n) is 3.95. The fourth-order valence-corrected chi connectivity index (χ4v) is 3.02. The molecule has 0 bridgehead atoms. The second-order valence-corrected chi connectivity index (χ2v) is 6.75. The zero-order valence-corrected chi connectivity index (χ0v) is 15.1. The van der Waals surface area contributed by atoms with E-state index in [9.17, 15) is 30.7 Å². The second kappa shape index (κ2) is 8.27. The fourth-order valence-electron chi connectivity index (χ4n) is 2.57. The van der Waals surface area contributed by atoms with E-state index >= 15 is 0 Å². The van der Waals surface area contributed by atoms with Crippen LogP contribution in [-0.4, -0.2) is 0 Å². The number of hydrogen-bond donors (Lipinski definition) is 0. The molecule has 0 unspecified atom stereocenters. The van der Waals surface area contributed by atoms with Crippen molar-refractivity contribution in [1.82, 2.24) is 0 Å². The van der Waals surface area contributed by atoms with E-state index < -0.39 is 34.3 Å². The minimum absolute atomic E-state index is 0.0357. The summed E-state index contributed by atoms with van der Waals surface area (Å²) in [6.45, 7) is 0. The predicted octanol–water partition coefficient (Wildman–Crippen LogP) is 7.74. The van der Waals surface area contributed by atoms with Gasteiger partial charge in [-0.1, -0.05) is 23.2 Å². The van der Waals surface area contributed by atoms with Crippen molar-refractivity contribution >= 4 is 23.2 Å². The number of rotatable bonds is 5. The van der Waals surface area contributed by atoms with Crippen LogP contribution in [0.1, 0.15) is 35.1 Å². The SMILES string of the molecule is Fc1c(Cl)cc(C(F)(F)F)cc1CCCCc1cc(C(F)(F)F)ccc1Cl. The summed E-state index contributed by atoms with van der Waals surface area (Å²) in [4.78, 5) is 0. The van der Waals surface area contributed by atoms with Crippen LogP contribution in [-0.2, 0) is 25.2 Å². The molecule has 2 rings (SSSR count). The number of halogens is 9. The summed E-state index contributed by atoms with van der Waals surface area (Å²) in [7, 11) is 0. The van der Waals surface area contributed by atoms with Crippen LogP contribution < -0.4 is 0 Å². The first-order valence-corrected chi connectivity index (χ1v) is 8.56. The van der Waals surface area contributed by atoms with Crippen molar-refractivity contribution in [2.75, 3.05) is 0 Å². The Bertz CT molecular complexity index is 811. The molecule has 0 atom stereocenters. The van der Waals surface area contributed by atoms with Crippen molar-refractivity contribution in [1.29, 1.82) is 0 Å². The van der Waals surface area contributed by atoms with E-state index in [4.69, 9.17) is 23.2 Å². The van der Waals surface area contributed by atoms with Crippen LogP contribution in [0, 0.1) is 5.82 Å². The largest absolute Gasteiger partial charge is 0.416 e. The second-order valence-electron chi connectivity index (χ2n) is 5.94. The molecule has 0 radical (unpaired) electrons. The molecule has 0 heterocycles. The Morgan fingerprint density at radius 1 is 0.667 bits per heavy atom. The monoisotopic (exact) mass is 432 g/mol. The fraction of sp³-hybridized carbons (Fsp3) is 0.333. The van der Waals surface area contributed by atoms with Crippen LogP contribution in [0.4, 0.5) is 30.7 Å². The topological polar surface area (TPSA) is 0 Å². The van der Waals surface area contributed by atoms with Crippen molar-refractivity contribution in [3.8, 4) is 0 Å². The minimum atomic E-state index is -4.66. The first-order valence-electron chi connectivity index (χ1n) is 7.80. The molecule has 0 saturated heterocycles. The number of aryl methyl sites for hydroxylation is 2.